The van der Waals surface area contributed by atoms with E-state index in [9.17, 15) is 9.59 Å². The third-order valence-corrected chi connectivity index (χ3v) is 6.03. The number of benzene rings is 1. The van der Waals surface area contributed by atoms with Crippen molar-refractivity contribution in [1.29, 1.82) is 0 Å². The quantitative estimate of drug-likeness (QED) is 0.530. The third kappa shape index (κ3) is 6.00. The lowest BCUT2D eigenvalue weighted by Crippen LogP contribution is -2.54. The number of carbonyl (C=O) groups excluding carboxylic acids is 1. The van der Waals surface area contributed by atoms with Crippen LogP contribution >= 0.6 is 11.6 Å². The third-order valence-electron chi connectivity index (χ3n) is 5.68. The van der Waals surface area contributed by atoms with Crippen molar-refractivity contribution in [2.75, 3.05) is 6.54 Å². The number of aryl methyl sites for hydroxylation is 1. The van der Waals surface area contributed by atoms with Crippen LogP contribution in [0.15, 0.2) is 30.0 Å². The first-order chi connectivity index (χ1) is 13.8. The SMILES string of the molecule is CC(C)C1=CN(CCCC(=O)O)C(=O)N[C@@]1(C)c1ccc(CCC(C)(C)C)c(Cl)c1. The van der Waals surface area contributed by atoms with Crippen LogP contribution in [-0.4, -0.2) is 28.6 Å². The molecule has 1 aliphatic heterocycles. The molecule has 0 bridgehead atoms. The Bertz CT molecular complexity index is 826. The molecule has 2 amide bonds. The molecule has 1 heterocycles. The molecule has 1 aromatic rings. The predicted molar refractivity (Wildman–Crippen MR) is 122 cm³/mol. The molecule has 1 atom stereocenters. The standard InChI is InChI=1S/C24H35ClN2O3/c1-16(2)19-15-27(13-7-8-21(28)29)22(30)26-24(19,6)18-10-9-17(20(25)14-18)11-12-23(3,4)5/h9-10,14-16H,7-8,11-13H2,1-6H3,(H,26,30)(H,28,29)/t24-/m0/s1. The fourth-order valence-electron chi connectivity index (χ4n) is 3.82. The Morgan fingerprint density at radius 1 is 1.30 bits per heavy atom. The molecule has 2 N–H and O–H groups in total. The second-order valence-electron chi connectivity index (χ2n) is 9.85. The Balaban J connectivity index is 2.31. The smallest absolute Gasteiger partial charge is 0.322 e. The van der Waals surface area contributed by atoms with Crippen LogP contribution in [-0.2, 0) is 16.8 Å². The van der Waals surface area contributed by atoms with Gasteiger partial charge in [0, 0.05) is 24.2 Å². The summed E-state index contributed by atoms with van der Waals surface area (Å²) in [5, 5.41) is 12.7. The molecular formula is C24H35ClN2O3. The average molecular weight is 435 g/mol. The van der Waals surface area contributed by atoms with Gasteiger partial charge in [-0.05, 0) is 60.3 Å². The van der Waals surface area contributed by atoms with Gasteiger partial charge < -0.3 is 15.3 Å². The number of carboxylic acid groups (broad SMARTS) is 1. The van der Waals surface area contributed by atoms with Crippen molar-refractivity contribution in [3.63, 3.8) is 0 Å². The van der Waals surface area contributed by atoms with Crippen molar-refractivity contribution < 1.29 is 14.7 Å². The molecular weight excluding hydrogens is 400 g/mol. The minimum absolute atomic E-state index is 0.0392. The monoisotopic (exact) mass is 434 g/mol. The van der Waals surface area contributed by atoms with E-state index < -0.39 is 11.5 Å². The highest BCUT2D eigenvalue weighted by Crippen LogP contribution is 2.38. The van der Waals surface area contributed by atoms with E-state index in [0.717, 1.165) is 34.6 Å². The number of amides is 2. The van der Waals surface area contributed by atoms with Gasteiger partial charge in [-0.25, -0.2) is 4.79 Å². The first-order valence-corrected chi connectivity index (χ1v) is 11.0. The first kappa shape index (κ1) is 24.3. The van der Waals surface area contributed by atoms with Gasteiger partial charge in [0.2, 0.25) is 0 Å². The van der Waals surface area contributed by atoms with Gasteiger partial charge in [-0.1, -0.05) is 58.4 Å². The molecule has 30 heavy (non-hydrogen) atoms. The van der Waals surface area contributed by atoms with Crippen LogP contribution < -0.4 is 5.32 Å². The zero-order chi connectivity index (χ0) is 22.7. The Labute approximate surface area is 185 Å². The number of aliphatic carboxylic acids is 1. The number of hydrogen-bond acceptors (Lipinski definition) is 2. The summed E-state index contributed by atoms with van der Waals surface area (Å²) in [7, 11) is 0. The molecule has 5 nitrogen and oxygen atoms in total. The number of rotatable bonds is 8. The zero-order valence-electron chi connectivity index (χ0n) is 19.0. The number of hydrogen-bond donors (Lipinski definition) is 2. The Morgan fingerprint density at radius 2 is 1.97 bits per heavy atom. The molecule has 166 valence electrons. The van der Waals surface area contributed by atoms with Crippen molar-refractivity contribution in [2.24, 2.45) is 11.3 Å². The summed E-state index contributed by atoms with van der Waals surface area (Å²) >= 11 is 6.63. The summed E-state index contributed by atoms with van der Waals surface area (Å²) in [6.07, 6.45) is 4.29. The van der Waals surface area contributed by atoms with Crippen LogP contribution in [0.3, 0.4) is 0 Å². The van der Waals surface area contributed by atoms with Crippen LogP contribution in [0.2, 0.25) is 5.02 Å². The van der Waals surface area contributed by atoms with E-state index >= 15 is 0 Å². The molecule has 2 rings (SSSR count). The molecule has 0 saturated carbocycles. The maximum absolute atomic E-state index is 12.8. The number of nitrogens with one attached hydrogen (secondary N) is 1. The van der Waals surface area contributed by atoms with E-state index in [1.54, 1.807) is 4.90 Å². The number of carbonyl (C=O) groups is 2. The van der Waals surface area contributed by atoms with E-state index in [2.05, 4.69) is 52.1 Å². The Morgan fingerprint density at radius 3 is 2.50 bits per heavy atom. The summed E-state index contributed by atoms with van der Waals surface area (Å²) in [6.45, 7) is 13.2. The zero-order valence-corrected chi connectivity index (χ0v) is 19.8. The second-order valence-corrected chi connectivity index (χ2v) is 10.3. The van der Waals surface area contributed by atoms with Crippen molar-refractivity contribution in [1.82, 2.24) is 10.2 Å². The molecule has 1 aliphatic rings. The topological polar surface area (TPSA) is 69.6 Å². The van der Waals surface area contributed by atoms with Crippen molar-refractivity contribution in [2.45, 2.75) is 72.8 Å². The van der Waals surface area contributed by atoms with Gasteiger partial charge in [0.1, 0.15) is 0 Å². The van der Waals surface area contributed by atoms with Gasteiger partial charge in [-0.2, -0.15) is 0 Å². The van der Waals surface area contributed by atoms with Crippen LogP contribution in [0.5, 0.6) is 0 Å². The summed E-state index contributed by atoms with van der Waals surface area (Å²) in [5.41, 5.74) is 2.71. The summed E-state index contributed by atoms with van der Waals surface area (Å²) in [6, 6.07) is 5.87. The molecule has 0 spiro atoms. The number of urea groups is 1. The van der Waals surface area contributed by atoms with E-state index in [-0.39, 0.29) is 23.8 Å². The number of nitrogens with zero attached hydrogens (tertiary/aromatic N) is 1. The van der Waals surface area contributed by atoms with Gasteiger partial charge in [-0.15, -0.1) is 0 Å². The predicted octanol–water partition coefficient (Wildman–Crippen LogP) is 5.96. The highest BCUT2D eigenvalue weighted by molar-refractivity contribution is 6.31. The maximum atomic E-state index is 12.8. The van der Waals surface area contributed by atoms with Crippen LogP contribution in [0.25, 0.3) is 0 Å². The van der Waals surface area contributed by atoms with E-state index in [1.807, 2.05) is 19.2 Å². The molecule has 0 fully saturated rings. The minimum atomic E-state index is -0.855. The lowest BCUT2D eigenvalue weighted by Gasteiger charge is -2.42. The van der Waals surface area contributed by atoms with E-state index in [1.165, 1.54) is 0 Å². The lowest BCUT2D eigenvalue weighted by molar-refractivity contribution is -0.137. The molecule has 0 aromatic heterocycles. The van der Waals surface area contributed by atoms with E-state index in [0.29, 0.717) is 13.0 Å². The van der Waals surface area contributed by atoms with Gasteiger partial charge in [0.15, 0.2) is 0 Å². The molecule has 0 unspecified atom stereocenters. The minimum Gasteiger partial charge on any atom is -0.481 e. The second kappa shape index (κ2) is 9.42. The first-order valence-electron chi connectivity index (χ1n) is 10.6. The van der Waals surface area contributed by atoms with Crippen LogP contribution in [0, 0.1) is 11.3 Å². The van der Waals surface area contributed by atoms with Crippen molar-refractivity contribution in [3.8, 4) is 0 Å². The summed E-state index contributed by atoms with van der Waals surface area (Å²) < 4.78 is 0. The highest BCUT2D eigenvalue weighted by atomic mass is 35.5. The van der Waals surface area contributed by atoms with Crippen molar-refractivity contribution >= 4 is 23.6 Å². The van der Waals surface area contributed by atoms with Gasteiger partial charge in [-0.3, -0.25) is 4.79 Å². The molecule has 6 heteroatoms. The number of halogens is 1. The summed E-state index contributed by atoms with van der Waals surface area (Å²) in [4.78, 5) is 25.2. The molecule has 1 aromatic carbocycles. The van der Waals surface area contributed by atoms with Gasteiger partial charge in [0.25, 0.3) is 0 Å². The van der Waals surface area contributed by atoms with E-state index in [4.69, 9.17) is 16.7 Å². The van der Waals surface area contributed by atoms with Crippen LogP contribution in [0.1, 0.15) is 71.9 Å². The van der Waals surface area contributed by atoms with Crippen molar-refractivity contribution in [3.05, 3.63) is 46.1 Å². The lowest BCUT2D eigenvalue weighted by atomic mass is 9.78. The van der Waals surface area contributed by atoms with Crippen LogP contribution in [0.4, 0.5) is 4.79 Å². The molecule has 0 radical (unpaired) electrons. The van der Waals surface area contributed by atoms with Gasteiger partial charge in [0.05, 0.1) is 5.54 Å². The molecule has 0 aliphatic carbocycles. The fourth-order valence-corrected chi connectivity index (χ4v) is 4.09. The Kier molecular flexibility index (Phi) is 7.62. The number of carboxylic acids is 1. The highest BCUT2D eigenvalue weighted by Gasteiger charge is 2.39. The Hall–Kier alpha value is -2.01. The molecule has 0 saturated heterocycles. The largest absolute Gasteiger partial charge is 0.481 e. The van der Waals surface area contributed by atoms with Gasteiger partial charge >= 0.3 is 12.0 Å². The maximum Gasteiger partial charge on any atom is 0.322 e. The average Bonchev–Trinajstić information content (AvgIpc) is 2.61. The summed E-state index contributed by atoms with van der Waals surface area (Å²) in [5.74, 6) is -0.663. The fraction of sp³-hybridized carbons (Fsp3) is 0.583. The normalized spacial score (nSPS) is 19.7.